The summed E-state index contributed by atoms with van der Waals surface area (Å²) in [4.78, 5) is 33.7. The number of anilines is 2. The molecule has 6 nitrogen and oxygen atoms in total. The zero-order chi connectivity index (χ0) is 24.5. The summed E-state index contributed by atoms with van der Waals surface area (Å²) < 4.78 is 40.4. The molecule has 5 rings (SSSR count). The highest BCUT2D eigenvalue weighted by atomic mass is 19.4. The van der Waals surface area contributed by atoms with Crippen LogP contribution in [0, 0.1) is 0 Å². The number of benzene rings is 1. The number of hydrogen-bond donors (Lipinski definition) is 1. The predicted octanol–water partition coefficient (Wildman–Crippen LogP) is 5.17. The number of rotatable bonds is 4. The summed E-state index contributed by atoms with van der Waals surface area (Å²) in [5.74, 6) is 0.398. The third kappa shape index (κ3) is 3.35. The third-order valence-corrected chi connectivity index (χ3v) is 7.49. The first-order valence-corrected chi connectivity index (χ1v) is 11.5. The number of nitrogens with one attached hydrogen (secondary N) is 1. The minimum atomic E-state index is -4.32. The van der Waals surface area contributed by atoms with E-state index < -0.39 is 29.1 Å². The van der Waals surface area contributed by atoms with E-state index in [1.165, 1.54) is 29.2 Å². The fourth-order valence-corrected chi connectivity index (χ4v) is 5.04. The van der Waals surface area contributed by atoms with Gasteiger partial charge in [0.25, 0.3) is 5.91 Å². The molecule has 0 bridgehead atoms. The number of amides is 3. The molecule has 3 heterocycles. The number of carbonyl (C=O) groups excluding carboxylic acids is 2. The summed E-state index contributed by atoms with van der Waals surface area (Å²) >= 11 is 0. The molecule has 2 fully saturated rings. The summed E-state index contributed by atoms with van der Waals surface area (Å²) in [6, 6.07) is 7.35. The molecule has 1 aliphatic carbocycles. The fourth-order valence-electron chi connectivity index (χ4n) is 5.04. The van der Waals surface area contributed by atoms with E-state index in [1.807, 2.05) is 6.07 Å². The van der Waals surface area contributed by atoms with Gasteiger partial charge in [-0.1, -0.05) is 12.1 Å². The van der Waals surface area contributed by atoms with Crippen LogP contribution in [0.4, 0.5) is 29.5 Å². The second kappa shape index (κ2) is 7.45. The molecule has 2 aliphatic heterocycles. The lowest BCUT2D eigenvalue weighted by Crippen LogP contribution is -2.44. The maximum absolute atomic E-state index is 13.5. The maximum atomic E-state index is 13.5. The number of nitrogens with zero attached hydrogens (tertiary/aromatic N) is 3. The van der Waals surface area contributed by atoms with E-state index in [9.17, 15) is 22.8 Å². The number of aromatic nitrogens is 1. The zero-order valence-electron chi connectivity index (χ0n) is 19.4. The molecule has 1 saturated heterocycles. The van der Waals surface area contributed by atoms with Crippen molar-refractivity contribution in [2.75, 3.05) is 10.2 Å². The number of carbonyl (C=O) groups is 2. The van der Waals surface area contributed by atoms with E-state index in [-0.39, 0.29) is 30.6 Å². The maximum Gasteiger partial charge on any atom is 0.398 e. The first-order chi connectivity index (χ1) is 16.0. The van der Waals surface area contributed by atoms with Gasteiger partial charge in [0.15, 0.2) is 0 Å². The third-order valence-electron chi connectivity index (χ3n) is 7.49. The van der Waals surface area contributed by atoms with Crippen LogP contribution in [0.2, 0.25) is 0 Å². The Morgan fingerprint density at radius 3 is 2.41 bits per heavy atom. The highest BCUT2D eigenvalue weighted by Gasteiger charge is 2.64. The largest absolute Gasteiger partial charge is 0.398 e. The van der Waals surface area contributed by atoms with Crippen molar-refractivity contribution < 1.29 is 22.8 Å². The summed E-state index contributed by atoms with van der Waals surface area (Å²) in [6.45, 7) is 5.72. The van der Waals surface area contributed by atoms with Crippen molar-refractivity contribution in [3.05, 3.63) is 53.2 Å². The molecular formula is C25H27F3N4O2. The lowest BCUT2D eigenvalue weighted by molar-refractivity contribution is -0.160. The predicted molar refractivity (Wildman–Crippen MR) is 122 cm³/mol. The minimum absolute atomic E-state index is 0.0577. The van der Waals surface area contributed by atoms with Gasteiger partial charge in [0.2, 0.25) is 0 Å². The Kier molecular flexibility index (Phi) is 4.97. The van der Waals surface area contributed by atoms with Crippen LogP contribution < -0.4 is 10.2 Å². The SMILES string of the molecule is CC1CCc2c(CN3C(=O)N(c4ccc(C5(C(F)(F)F)CC5)cc4)C(=O)C3(C)C)ccnc2N1. The van der Waals surface area contributed by atoms with Gasteiger partial charge in [-0.2, -0.15) is 13.2 Å². The Balaban J connectivity index is 1.42. The molecule has 34 heavy (non-hydrogen) atoms. The van der Waals surface area contributed by atoms with E-state index in [0.29, 0.717) is 6.04 Å². The highest BCUT2D eigenvalue weighted by molar-refractivity contribution is 6.22. The summed E-state index contributed by atoms with van der Waals surface area (Å²) in [5, 5.41) is 3.36. The van der Waals surface area contributed by atoms with Crippen LogP contribution in [0.1, 0.15) is 56.7 Å². The molecule has 0 radical (unpaired) electrons. The number of alkyl halides is 3. The van der Waals surface area contributed by atoms with Crippen LogP contribution in [-0.2, 0) is 23.2 Å². The van der Waals surface area contributed by atoms with Crippen LogP contribution in [0.25, 0.3) is 0 Å². The molecular weight excluding hydrogens is 445 g/mol. The van der Waals surface area contributed by atoms with E-state index >= 15 is 0 Å². The molecule has 180 valence electrons. The Labute approximate surface area is 196 Å². The molecule has 3 aliphatic rings. The Hall–Kier alpha value is -3.10. The van der Waals surface area contributed by atoms with Crippen molar-refractivity contribution in [3.63, 3.8) is 0 Å². The van der Waals surface area contributed by atoms with Gasteiger partial charge in [-0.15, -0.1) is 0 Å². The zero-order valence-corrected chi connectivity index (χ0v) is 19.4. The van der Waals surface area contributed by atoms with Crippen molar-refractivity contribution in [3.8, 4) is 0 Å². The number of halogens is 3. The van der Waals surface area contributed by atoms with Crippen LogP contribution in [-0.4, -0.2) is 39.6 Å². The second-order valence-electron chi connectivity index (χ2n) is 10.1. The highest BCUT2D eigenvalue weighted by Crippen LogP contribution is 2.59. The van der Waals surface area contributed by atoms with Crippen LogP contribution in [0.5, 0.6) is 0 Å². The van der Waals surface area contributed by atoms with Crippen LogP contribution in [0.15, 0.2) is 36.5 Å². The van der Waals surface area contributed by atoms with E-state index in [2.05, 4.69) is 17.2 Å². The van der Waals surface area contributed by atoms with Crippen molar-refractivity contribution in [2.45, 2.75) is 76.2 Å². The molecule has 1 aromatic heterocycles. The van der Waals surface area contributed by atoms with Crippen molar-refractivity contribution in [1.82, 2.24) is 9.88 Å². The number of imide groups is 1. The molecule has 1 saturated carbocycles. The van der Waals surface area contributed by atoms with Gasteiger partial charge in [-0.3, -0.25) is 4.79 Å². The lowest BCUT2D eigenvalue weighted by Gasteiger charge is -2.30. The summed E-state index contributed by atoms with van der Waals surface area (Å²) in [6.07, 6.45) is -0.734. The molecule has 3 amide bonds. The van der Waals surface area contributed by atoms with E-state index in [4.69, 9.17) is 0 Å². The standard InChI is InChI=1S/C25H27F3N4O2/c1-15-4-9-19-16(10-13-29-20(19)30-15)14-31-22(34)32(21(33)23(31,2)3)18-7-5-17(6-8-18)24(11-12-24)25(26,27)28/h5-8,10,13,15H,4,9,11-12,14H2,1-3H3,(H,29,30). The molecule has 9 heteroatoms. The molecule has 1 unspecified atom stereocenters. The van der Waals surface area contributed by atoms with Gasteiger partial charge in [-0.25, -0.2) is 14.7 Å². The fraction of sp³-hybridized carbons (Fsp3) is 0.480. The lowest BCUT2D eigenvalue weighted by atomic mass is 9.95. The molecule has 0 spiro atoms. The van der Waals surface area contributed by atoms with Gasteiger partial charge >= 0.3 is 12.2 Å². The van der Waals surface area contributed by atoms with E-state index in [1.54, 1.807) is 20.0 Å². The average molecular weight is 473 g/mol. The van der Waals surface area contributed by atoms with E-state index in [0.717, 1.165) is 34.7 Å². The Morgan fingerprint density at radius 2 is 1.79 bits per heavy atom. The monoisotopic (exact) mass is 472 g/mol. The Morgan fingerprint density at radius 1 is 1.12 bits per heavy atom. The molecule has 2 aromatic rings. The van der Waals surface area contributed by atoms with Gasteiger partial charge in [0, 0.05) is 18.8 Å². The van der Waals surface area contributed by atoms with Gasteiger partial charge < -0.3 is 10.2 Å². The summed E-state index contributed by atoms with van der Waals surface area (Å²) in [7, 11) is 0. The summed E-state index contributed by atoms with van der Waals surface area (Å²) in [5.41, 5.74) is -0.492. The molecule has 1 N–H and O–H groups in total. The normalized spacial score (nSPS) is 23.1. The van der Waals surface area contributed by atoms with Crippen LogP contribution >= 0.6 is 0 Å². The van der Waals surface area contributed by atoms with Crippen molar-refractivity contribution in [2.24, 2.45) is 0 Å². The number of pyridine rings is 1. The number of urea groups is 1. The second-order valence-corrected chi connectivity index (χ2v) is 10.1. The van der Waals surface area contributed by atoms with Gasteiger partial charge in [0.1, 0.15) is 11.4 Å². The van der Waals surface area contributed by atoms with Crippen molar-refractivity contribution >= 4 is 23.4 Å². The first kappa shape index (κ1) is 22.7. The smallest absolute Gasteiger partial charge is 0.367 e. The van der Waals surface area contributed by atoms with Gasteiger partial charge in [-0.05, 0) is 81.3 Å². The van der Waals surface area contributed by atoms with Gasteiger partial charge in [0.05, 0.1) is 11.1 Å². The molecule has 1 aromatic carbocycles. The topological polar surface area (TPSA) is 65.5 Å². The first-order valence-electron chi connectivity index (χ1n) is 11.5. The number of fused-ring (bicyclic) bond motifs is 1. The number of hydrogen-bond acceptors (Lipinski definition) is 4. The van der Waals surface area contributed by atoms with Crippen molar-refractivity contribution in [1.29, 1.82) is 0 Å². The quantitative estimate of drug-likeness (QED) is 0.624. The van der Waals surface area contributed by atoms with Crippen LogP contribution in [0.3, 0.4) is 0 Å². The average Bonchev–Trinajstić information content (AvgIpc) is 3.57. The Bertz CT molecular complexity index is 1160. The minimum Gasteiger partial charge on any atom is -0.367 e. The molecule has 1 atom stereocenters.